The lowest BCUT2D eigenvalue weighted by molar-refractivity contribution is 0.619. The molecule has 1 heterocycles. The lowest BCUT2D eigenvalue weighted by Gasteiger charge is -2.36. The van der Waals surface area contributed by atoms with Gasteiger partial charge in [-0.25, -0.2) is 4.39 Å². The van der Waals surface area contributed by atoms with Crippen molar-refractivity contribution in [3.63, 3.8) is 0 Å². The number of hydrogen-bond donors (Lipinski definition) is 1. The summed E-state index contributed by atoms with van der Waals surface area (Å²) in [6.45, 7) is 5.12. The van der Waals surface area contributed by atoms with E-state index < -0.39 is 0 Å². The number of hydrogen-bond acceptors (Lipinski definition) is 3. The molecule has 2 rings (SSSR count). The fourth-order valence-corrected chi connectivity index (χ4v) is 3.25. The van der Waals surface area contributed by atoms with Crippen LogP contribution in [0, 0.1) is 5.82 Å². The summed E-state index contributed by atoms with van der Waals surface area (Å²) in [5.74, 6) is 2.04. The predicted molar refractivity (Wildman–Crippen MR) is 73.1 cm³/mol. The first kappa shape index (κ1) is 12.7. The molecule has 1 aromatic carbocycles. The standard InChI is InChI=1S/C13H19FN2S/c1-9-8-17-6-5-16(9)13-4-3-11(14)7-12(13)10(2)15/h3-4,7,9-10H,5-6,8,15H2,1-2H3/t9?,10-/m0/s1. The van der Waals surface area contributed by atoms with Crippen LogP contribution in [0.15, 0.2) is 18.2 Å². The molecule has 94 valence electrons. The third-order valence-electron chi connectivity index (χ3n) is 3.16. The predicted octanol–water partition coefficient (Wildman–Crippen LogP) is 2.79. The van der Waals surface area contributed by atoms with Gasteiger partial charge in [0.05, 0.1) is 0 Å². The van der Waals surface area contributed by atoms with Gasteiger partial charge in [0, 0.05) is 35.8 Å². The number of anilines is 1. The molecule has 2 nitrogen and oxygen atoms in total. The maximum Gasteiger partial charge on any atom is 0.123 e. The molecule has 17 heavy (non-hydrogen) atoms. The number of nitrogens with zero attached hydrogens (tertiary/aromatic N) is 1. The molecule has 0 amide bonds. The maximum atomic E-state index is 13.3. The lowest BCUT2D eigenvalue weighted by Crippen LogP contribution is -2.41. The Morgan fingerprint density at radius 2 is 2.29 bits per heavy atom. The van der Waals surface area contributed by atoms with Crippen molar-refractivity contribution in [2.24, 2.45) is 5.73 Å². The van der Waals surface area contributed by atoms with Crippen molar-refractivity contribution >= 4 is 17.4 Å². The molecule has 4 heteroatoms. The Morgan fingerprint density at radius 3 is 2.94 bits per heavy atom. The third-order valence-corrected chi connectivity index (χ3v) is 4.35. The molecule has 1 aromatic rings. The average Bonchev–Trinajstić information content (AvgIpc) is 2.30. The number of thioether (sulfide) groups is 1. The van der Waals surface area contributed by atoms with Crippen LogP contribution in [0.1, 0.15) is 25.5 Å². The number of rotatable bonds is 2. The fourth-order valence-electron chi connectivity index (χ4n) is 2.24. The van der Waals surface area contributed by atoms with E-state index >= 15 is 0 Å². The van der Waals surface area contributed by atoms with Crippen molar-refractivity contribution < 1.29 is 4.39 Å². The van der Waals surface area contributed by atoms with Crippen molar-refractivity contribution in [3.05, 3.63) is 29.6 Å². The van der Waals surface area contributed by atoms with E-state index in [2.05, 4.69) is 11.8 Å². The summed E-state index contributed by atoms with van der Waals surface area (Å²) in [6, 6.07) is 5.30. The van der Waals surface area contributed by atoms with Crippen LogP contribution < -0.4 is 10.6 Å². The molecular weight excluding hydrogens is 235 g/mol. The summed E-state index contributed by atoms with van der Waals surface area (Å²) in [5.41, 5.74) is 7.94. The molecule has 1 aliphatic heterocycles. The summed E-state index contributed by atoms with van der Waals surface area (Å²) < 4.78 is 13.3. The highest BCUT2D eigenvalue weighted by molar-refractivity contribution is 7.99. The SMILES string of the molecule is CC1CSCCN1c1ccc(F)cc1[C@H](C)N. The molecule has 2 N–H and O–H groups in total. The van der Waals surface area contributed by atoms with Crippen molar-refractivity contribution in [3.8, 4) is 0 Å². The Bertz CT molecular complexity index is 395. The van der Waals surface area contributed by atoms with Crippen LogP contribution >= 0.6 is 11.8 Å². The van der Waals surface area contributed by atoms with Crippen LogP contribution in [-0.4, -0.2) is 24.1 Å². The Labute approximate surface area is 106 Å². The highest BCUT2D eigenvalue weighted by Gasteiger charge is 2.22. The van der Waals surface area contributed by atoms with Gasteiger partial charge in [-0.3, -0.25) is 0 Å². The van der Waals surface area contributed by atoms with E-state index in [0.29, 0.717) is 6.04 Å². The fraction of sp³-hybridized carbons (Fsp3) is 0.538. The Balaban J connectivity index is 2.36. The summed E-state index contributed by atoms with van der Waals surface area (Å²) in [4.78, 5) is 2.34. The topological polar surface area (TPSA) is 29.3 Å². The minimum atomic E-state index is -0.208. The number of benzene rings is 1. The van der Waals surface area contributed by atoms with E-state index in [-0.39, 0.29) is 11.9 Å². The average molecular weight is 254 g/mol. The van der Waals surface area contributed by atoms with Crippen molar-refractivity contribution in [2.75, 3.05) is 23.0 Å². The molecular formula is C13H19FN2S. The molecule has 0 aliphatic carbocycles. The molecule has 1 aliphatic rings. The first-order chi connectivity index (χ1) is 8.09. The van der Waals surface area contributed by atoms with Crippen LogP contribution in [0.4, 0.5) is 10.1 Å². The molecule has 2 atom stereocenters. The van der Waals surface area contributed by atoms with Gasteiger partial charge in [-0.15, -0.1) is 0 Å². The van der Waals surface area contributed by atoms with E-state index in [1.165, 1.54) is 6.07 Å². The van der Waals surface area contributed by atoms with E-state index in [9.17, 15) is 4.39 Å². The maximum absolute atomic E-state index is 13.3. The second kappa shape index (κ2) is 5.27. The minimum absolute atomic E-state index is 0.137. The summed E-state index contributed by atoms with van der Waals surface area (Å²) >= 11 is 1.97. The van der Waals surface area contributed by atoms with Gasteiger partial charge in [0.25, 0.3) is 0 Å². The van der Waals surface area contributed by atoms with Crippen molar-refractivity contribution in [1.82, 2.24) is 0 Å². The van der Waals surface area contributed by atoms with E-state index in [1.807, 2.05) is 24.8 Å². The summed E-state index contributed by atoms with van der Waals surface area (Å²) in [7, 11) is 0. The van der Waals surface area contributed by atoms with Gasteiger partial charge in [0.1, 0.15) is 5.82 Å². The largest absolute Gasteiger partial charge is 0.367 e. The monoisotopic (exact) mass is 254 g/mol. The zero-order chi connectivity index (χ0) is 12.4. The van der Waals surface area contributed by atoms with Crippen LogP contribution in [0.25, 0.3) is 0 Å². The molecule has 0 radical (unpaired) electrons. The van der Waals surface area contributed by atoms with Crippen LogP contribution in [0.5, 0.6) is 0 Å². The van der Waals surface area contributed by atoms with Crippen molar-refractivity contribution in [1.29, 1.82) is 0 Å². The van der Waals surface area contributed by atoms with Gasteiger partial charge in [0.15, 0.2) is 0 Å². The van der Waals surface area contributed by atoms with Gasteiger partial charge < -0.3 is 10.6 Å². The van der Waals surface area contributed by atoms with Gasteiger partial charge >= 0.3 is 0 Å². The highest BCUT2D eigenvalue weighted by atomic mass is 32.2. The van der Waals surface area contributed by atoms with Gasteiger partial charge in [-0.1, -0.05) is 0 Å². The van der Waals surface area contributed by atoms with Crippen molar-refractivity contribution in [2.45, 2.75) is 25.9 Å². The van der Waals surface area contributed by atoms with E-state index in [4.69, 9.17) is 5.73 Å². The normalized spacial score (nSPS) is 22.6. The van der Waals surface area contributed by atoms with Crippen LogP contribution in [-0.2, 0) is 0 Å². The second-order valence-corrected chi connectivity index (χ2v) is 5.76. The van der Waals surface area contributed by atoms with E-state index in [1.54, 1.807) is 6.07 Å². The first-order valence-electron chi connectivity index (χ1n) is 5.99. The molecule has 0 saturated carbocycles. The second-order valence-electron chi connectivity index (χ2n) is 4.61. The molecule has 1 fully saturated rings. The molecule has 0 bridgehead atoms. The lowest BCUT2D eigenvalue weighted by atomic mass is 10.0. The highest BCUT2D eigenvalue weighted by Crippen LogP contribution is 2.30. The third kappa shape index (κ3) is 2.75. The van der Waals surface area contributed by atoms with Gasteiger partial charge in [-0.2, -0.15) is 11.8 Å². The van der Waals surface area contributed by atoms with E-state index in [0.717, 1.165) is 29.3 Å². The number of nitrogens with two attached hydrogens (primary N) is 1. The Kier molecular flexibility index (Phi) is 3.94. The number of halogens is 1. The summed E-state index contributed by atoms with van der Waals surface area (Å²) in [5, 5.41) is 0. The molecule has 1 saturated heterocycles. The Morgan fingerprint density at radius 1 is 1.53 bits per heavy atom. The van der Waals surface area contributed by atoms with Crippen LogP contribution in [0.3, 0.4) is 0 Å². The smallest absolute Gasteiger partial charge is 0.123 e. The molecule has 1 unspecified atom stereocenters. The molecule has 0 aromatic heterocycles. The van der Waals surface area contributed by atoms with Crippen LogP contribution in [0.2, 0.25) is 0 Å². The zero-order valence-corrected chi connectivity index (χ0v) is 11.1. The minimum Gasteiger partial charge on any atom is -0.367 e. The molecule has 0 spiro atoms. The quantitative estimate of drug-likeness (QED) is 0.880. The van der Waals surface area contributed by atoms with Gasteiger partial charge in [0.2, 0.25) is 0 Å². The summed E-state index contributed by atoms with van der Waals surface area (Å²) in [6.07, 6.45) is 0. The van der Waals surface area contributed by atoms with Gasteiger partial charge in [-0.05, 0) is 37.6 Å². The Hall–Kier alpha value is -0.740. The zero-order valence-electron chi connectivity index (χ0n) is 10.3. The first-order valence-corrected chi connectivity index (χ1v) is 7.14.